The van der Waals surface area contributed by atoms with Gasteiger partial charge in [0.05, 0.1) is 5.69 Å². The van der Waals surface area contributed by atoms with Gasteiger partial charge in [-0.2, -0.15) is 0 Å². The van der Waals surface area contributed by atoms with Gasteiger partial charge in [0.2, 0.25) is 0 Å². The zero-order chi connectivity index (χ0) is 27.2. The molecule has 0 radical (unpaired) electrons. The molecule has 0 heterocycles. The molecule has 0 atom stereocenters. The van der Waals surface area contributed by atoms with Crippen LogP contribution >= 0.6 is 0 Å². The van der Waals surface area contributed by atoms with Crippen LogP contribution in [-0.2, 0) is 0 Å². The highest BCUT2D eigenvalue weighted by atomic mass is 15.1. The molecule has 0 aliphatic rings. The lowest BCUT2D eigenvalue weighted by molar-refractivity contribution is 1.30. The predicted molar refractivity (Wildman–Crippen MR) is 177 cm³/mol. The second-order valence-electron chi connectivity index (χ2n) is 10.6. The minimum Gasteiger partial charge on any atom is -0.310 e. The summed E-state index contributed by atoms with van der Waals surface area (Å²) in [5.74, 6) is 0. The average Bonchev–Trinajstić information content (AvgIpc) is 3.05. The molecular formula is C40H27N. The molecule has 8 aromatic carbocycles. The van der Waals surface area contributed by atoms with Crippen molar-refractivity contribution in [3.63, 3.8) is 0 Å². The van der Waals surface area contributed by atoms with Crippen molar-refractivity contribution in [3.05, 3.63) is 164 Å². The monoisotopic (exact) mass is 521 g/mol. The Morgan fingerprint density at radius 3 is 1.78 bits per heavy atom. The summed E-state index contributed by atoms with van der Waals surface area (Å²) in [6.45, 7) is 0. The maximum Gasteiger partial charge on any atom is 0.0540 e. The fourth-order valence-electron chi connectivity index (χ4n) is 6.23. The third-order valence-electron chi connectivity index (χ3n) is 8.20. The molecule has 1 nitrogen and oxygen atoms in total. The molecule has 0 aliphatic carbocycles. The first-order valence-electron chi connectivity index (χ1n) is 14.1. The van der Waals surface area contributed by atoms with E-state index >= 15 is 0 Å². The number of para-hydroxylation sites is 1. The fourth-order valence-corrected chi connectivity index (χ4v) is 6.23. The van der Waals surface area contributed by atoms with Crippen LogP contribution in [-0.4, -0.2) is 0 Å². The van der Waals surface area contributed by atoms with Gasteiger partial charge in [0.15, 0.2) is 0 Å². The Labute approximate surface area is 239 Å². The van der Waals surface area contributed by atoms with Crippen LogP contribution < -0.4 is 4.90 Å². The van der Waals surface area contributed by atoms with Gasteiger partial charge in [-0.1, -0.05) is 127 Å². The van der Waals surface area contributed by atoms with E-state index in [0.717, 1.165) is 11.4 Å². The lowest BCUT2D eigenvalue weighted by Crippen LogP contribution is -2.10. The molecule has 192 valence electrons. The zero-order valence-corrected chi connectivity index (χ0v) is 22.5. The fraction of sp³-hybridized carbons (Fsp3) is 0. The second kappa shape index (κ2) is 9.66. The van der Waals surface area contributed by atoms with Gasteiger partial charge >= 0.3 is 0 Å². The highest BCUT2D eigenvalue weighted by Gasteiger charge is 2.17. The molecule has 0 spiro atoms. The first-order valence-corrected chi connectivity index (χ1v) is 14.1. The SMILES string of the molecule is c1ccc(N(c2cccc(-c3ccc4ccccc4c3)c2)c2cccc3c2ccc2c4ccccc4ccc32)cc1. The lowest BCUT2D eigenvalue weighted by Gasteiger charge is -2.27. The Morgan fingerprint density at radius 1 is 0.293 bits per heavy atom. The first kappa shape index (κ1) is 23.5. The van der Waals surface area contributed by atoms with E-state index in [2.05, 4.69) is 169 Å². The van der Waals surface area contributed by atoms with Gasteiger partial charge < -0.3 is 4.90 Å². The van der Waals surface area contributed by atoms with Crippen molar-refractivity contribution in [2.45, 2.75) is 0 Å². The number of anilines is 3. The Kier molecular flexibility index (Phi) is 5.53. The number of benzene rings is 8. The first-order chi connectivity index (χ1) is 20.3. The molecule has 8 aromatic rings. The molecular weight excluding hydrogens is 494 g/mol. The van der Waals surface area contributed by atoms with Gasteiger partial charge in [0.1, 0.15) is 0 Å². The summed E-state index contributed by atoms with van der Waals surface area (Å²) >= 11 is 0. The van der Waals surface area contributed by atoms with Crippen molar-refractivity contribution in [1.29, 1.82) is 0 Å². The van der Waals surface area contributed by atoms with Crippen molar-refractivity contribution in [2.24, 2.45) is 0 Å². The Hall–Kier alpha value is -5.40. The van der Waals surface area contributed by atoms with E-state index in [-0.39, 0.29) is 0 Å². The van der Waals surface area contributed by atoms with Gasteiger partial charge in [-0.15, -0.1) is 0 Å². The number of fused-ring (bicyclic) bond motifs is 6. The summed E-state index contributed by atoms with van der Waals surface area (Å²) in [6, 6.07) is 59.3. The van der Waals surface area contributed by atoms with Crippen molar-refractivity contribution >= 4 is 60.2 Å². The van der Waals surface area contributed by atoms with Crippen molar-refractivity contribution in [3.8, 4) is 11.1 Å². The maximum atomic E-state index is 2.39. The van der Waals surface area contributed by atoms with E-state index in [9.17, 15) is 0 Å². The minimum absolute atomic E-state index is 1.13. The third-order valence-corrected chi connectivity index (χ3v) is 8.20. The van der Waals surface area contributed by atoms with Crippen LogP contribution in [0.4, 0.5) is 17.1 Å². The van der Waals surface area contributed by atoms with Gasteiger partial charge in [-0.25, -0.2) is 0 Å². The van der Waals surface area contributed by atoms with E-state index in [1.54, 1.807) is 0 Å². The van der Waals surface area contributed by atoms with Gasteiger partial charge in [-0.3, -0.25) is 0 Å². The molecule has 0 saturated carbocycles. The minimum atomic E-state index is 1.13. The number of nitrogens with zero attached hydrogens (tertiary/aromatic N) is 1. The van der Waals surface area contributed by atoms with Crippen LogP contribution in [0.3, 0.4) is 0 Å². The van der Waals surface area contributed by atoms with Crippen molar-refractivity contribution < 1.29 is 0 Å². The van der Waals surface area contributed by atoms with Crippen molar-refractivity contribution in [1.82, 2.24) is 0 Å². The molecule has 0 bridgehead atoms. The Bertz CT molecular complexity index is 2210. The normalized spacial score (nSPS) is 11.4. The molecule has 0 saturated heterocycles. The van der Waals surface area contributed by atoms with Crippen LogP contribution in [0.2, 0.25) is 0 Å². The molecule has 0 aromatic heterocycles. The molecule has 0 N–H and O–H groups in total. The topological polar surface area (TPSA) is 3.24 Å². The zero-order valence-electron chi connectivity index (χ0n) is 22.5. The summed E-state index contributed by atoms with van der Waals surface area (Å²) in [5.41, 5.74) is 5.85. The lowest BCUT2D eigenvalue weighted by atomic mass is 9.96. The Balaban J connectivity index is 1.34. The summed E-state index contributed by atoms with van der Waals surface area (Å²) < 4.78 is 0. The molecule has 0 amide bonds. The van der Waals surface area contributed by atoms with Gasteiger partial charge in [0.25, 0.3) is 0 Å². The number of hydrogen-bond donors (Lipinski definition) is 0. The van der Waals surface area contributed by atoms with E-state index in [1.807, 2.05) is 0 Å². The van der Waals surface area contributed by atoms with Crippen LogP contribution in [0.1, 0.15) is 0 Å². The van der Waals surface area contributed by atoms with Crippen LogP contribution in [0, 0.1) is 0 Å². The Morgan fingerprint density at radius 2 is 0.878 bits per heavy atom. The van der Waals surface area contributed by atoms with E-state index in [4.69, 9.17) is 0 Å². The van der Waals surface area contributed by atoms with E-state index < -0.39 is 0 Å². The third kappa shape index (κ3) is 4.02. The molecule has 1 heteroatoms. The van der Waals surface area contributed by atoms with E-state index in [1.165, 1.54) is 59.9 Å². The van der Waals surface area contributed by atoms with Gasteiger partial charge in [0, 0.05) is 16.8 Å². The second-order valence-corrected chi connectivity index (χ2v) is 10.6. The summed E-state index contributed by atoms with van der Waals surface area (Å²) in [4.78, 5) is 2.39. The van der Waals surface area contributed by atoms with Crippen LogP contribution in [0.25, 0.3) is 54.2 Å². The largest absolute Gasteiger partial charge is 0.310 e. The predicted octanol–water partition coefficient (Wildman–Crippen LogP) is 11.4. The highest BCUT2D eigenvalue weighted by Crippen LogP contribution is 2.42. The smallest absolute Gasteiger partial charge is 0.0540 e. The molecule has 8 rings (SSSR count). The highest BCUT2D eigenvalue weighted by molar-refractivity contribution is 6.19. The van der Waals surface area contributed by atoms with E-state index in [0.29, 0.717) is 0 Å². The number of hydrogen-bond acceptors (Lipinski definition) is 1. The van der Waals surface area contributed by atoms with Gasteiger partial charge in [-0.05, 0) is 85.2 Å². The quantitative estimate of drug-likeness (QED) is 0.208. The standard InChI is InChI=1S/C40H27N/c1-2-14-33(15-3-1)41(34-16-8-13-31(27-34)32-21-20-28-10-4-5-12-30(28)26-32)40-19-9-18-36-38-23-22-29-11-6-7-17-35(29)37(38)24-25-39(36)40/h1-27H. The molecule has 0 fully saturated rings. The van der Waals surface area contributed by atoms with Crippen molar-refractivity contribution in [2.75, 3.05) is 4.90 Å². The van der Waals surface area contributed by atoms with Crippen LogP contribution in [0.15, 0.2) is 164 Å². The summed E-state index contributed by atoms with van der Waals surface area (Å²) in [5, 5.41) is 10.1. The number of rotatable bonds is 4. The molecule has 0 aliphatic heterocycles. The summed E-state index contributed by atoms with van der Waals surface area (Å²) in [7, 11) is 0. The molecule has 41 heavy (non-hydrogen) atoms. The molecule has 0 unspecified atom stereocenters. The summed E-state index contributed by atoms with van der Waals surface area (Å²) in [6.07, 6.45) is 0. The average molecular weight is 522 g/mol. The van der Waals surface area contributed by atoms with Crippen LogP contribution in [0.5, 0.6) is 0 Å². The maximum absolute atomic E-state index is 2.39.